The predicted molar refractivity (Wildman–Crippen MR) is 169 cm³/mol. The molecule has 0 aromatic heterocycles. The highest BCUT2D eigenvalue weighted by Crippen LogP contribution is 2.59. The van der Waals surface area contributed by atoms with E-state index < -0.39 is 23.1 Å². The predicted octanol–water partition coefficient (Wildman–Crippen LogP) is 5.86. The SMILES string of the molecule is CO[C@@H]1[C@H](OC(=O)CC(=O)CSc2ccc(CC(=O)CCC(=O)C(C)(C)C)cc2)CC[C@]2(CO2)[C@H]1[C@]1(C)O[C@@H]1CC=C(C)C. The van der Waals surface area contributed by atoms with E-state index in [0.717, 1.165) is 23.3 Å². The van der Waals surface area contributed by atoms with Crippen molar-refractivity contribution in [3.8, 4) is 0 Å². The van der Waals surface area contributed by atoms with Crippen LogP contribution in [-0.4, -0.2) is 72.3 Å². The number of thioether (sulfide) groups is 1. The third kappa shape index (κ3) is 8.68. The zero-order chi connectivity index (χ0) is 32.3. The molecule has 0 amide bonds. The summed E-state index contributed by atoms with van der Waals surface area (Å²) in [5.74, 6) is -0.587. The van der Waals surface area contributed by atoms with E-state index in [4.69, 9.17) is 18.9 Å². The first-order valence-electron chi connectivity index (χ1n) is 15.6. The van der Waals surface area contributed by atoms with Crippen LogP contribution in [0, 0.1) is 11.3 Å². The second-order valence-corrected chi connectivity index (χ2v) is 15.0. The summed E-state index contributed by atoms with van der Waals surface area (Å²) in [6.07, 6.45) is 4.03. The maximum absolute atomic E-state index is 12.9. The number of benzene rings is 1. The lowest BCUT2D eigenvalue weighted by Gasteiger charge is -2.42. The van der Waals surface area contributed by atoms with Gasteiger partial charge in [-0.05, 0) is 57.7 Å². The molecule has 2 aliphatic heterocycles. The Hall–Kier alpha value is -2.33. The summed E-state index contributed by atoms with van der Waals surface area (Å²) < 4.78 is 24.0. The lowest BCUT2D eigenvalue weighted by Crippen LogP contribution is -2.55. The van der Waals surface area contributed by atoms with Crippen LogP contribution in [0.5, 0.6) is 0 Å². The van der Waals surface area contributed by atoms with Gasteiger partial charge in [-0.25, -0.2) is 0 Å². The summed E-state index contributed by atoms with van der Waals surface area (Å²) in [6, 6.07) is 7.46. The van der Waals surface area contributed by atoms with Gasteiger partial charge in [0.25, 0.3) is 0 Å². The van der Waals surface area contributed by atoms with Gasteiger partial charge in [0.05, 0.1) is 24.4 Å². The number of ketones is 3. The molecule has 242 valence electrons. The van der Waals surface area contributed by atoms with Gasteiger partial charge in [-0.1, -0.05) is 44.6 Å². The second-order valence-electron chi connectivity index (χ2n) is 13.9. The molecule has 9 heteroatoms. The van der Waals surface area contributed by atoms with Crippen molar-refractivity contribution in [1.29, 1.82) is 0 Å². The van der Waals surface area contributed by atoms with Crippen molar-refractivity contribution in [3.63, 3.8) is 0 Å². The van der Waals surface area contributed by atoms with Crippen LogP contribution in [0.25, 0.3) is 0 Å². The second kappa shape index (κ2) is 14.0. The average Bonchev–Trinajstić information content (AvgIpc) is 3.87. The molecule has 2 heterocycles. The molecule has 44 heavy (non-hydrogen) atoms. The standard InChI is InChI=1S/C35H48O8S/c1-22(2)8-15-29-34(6,43-29)32-31(40-7)27(16-17-35(32)21-41-35)42-30(39)19-25(37)20-44-26-12-9-23(10-13-26)18-24(36)11-14-28(38)33(3,4)5/h8-10,12-13,27,29,31-32H,11,14-21H2,1-7H3/t27-,29-,31-,32-,34-,35+/m1/s1. The zero-order valence-corrected chi connectivity index (χ0v) is 28.1. The fourth-order valence-electron chi connectivity index (χ4n) is 6.30. The van der Waals surface area contributed by atoms with Crippen molar-refractivity contribution in [1.82, 2.24) is 0 Å². The Morgan fingerprint density at radius 3 is 2.34 bits per heavy atom. The number of ether oxygens (including phenoxy) is 4. The maximum Gasteiger partial charge on any atom is 0.313 e. The van der Waals surface area contributed by atoms with Gasteiger partial charge in [0.2, 0.25) is 0 Å². The molecule has 6 atom stereocenters. The Labute approximate surface area is 266 Å². The number of esters is 1. The molecular weight excluding hydrogens is 580 g/mol. The zero-order valence-electron chi connectivity index (χ0n) is 27.2. The summed E-state index contributed by atoms with van der Waals surface area (Å²) in [5.41, 5.74) is 0.941. The van der Waals surface area contributed by atoms with E-state index in [1.807, 2.05) is 45.0 Å². The van der Waals surface area contributed by atoms with Gasteiger partial charge >= 0.3 is 5.97 Å². The minimum Gasteiger partial charge on any atom is -0.459 e. The first-order valence-corrected chi connectivity index (χ1v) is 16.6. The largest absolute Gasteiger partial charge is 0.459 e. The van der Waals surface area contributed by atoms with E-state index in [1.165, 1.54) is 17.3 Å². The normalized spacial score (nSPS) is 29.2. The molecule has 1 aromatic carbocycles. The molecule has 8 nitrogen and oxygen atoms in total. The van der Waals surface area contributed by atoms with Crippen molar-refractivity contribution >= 4 is 35.1 Å². The lowest BCUT2D eigenvalue weighted by atomic mass is 9.68. The van der Waals surface area contributed by atoms with Crippen LogP contribution in [0.15, 0.2) is 40.8 Å². The van der Waals surface area contributed by atoms with Gasteiger partial charge in [-0.15, -0.1) is 11.8 Å². The number of carbonyl (C=O) groups is 4. The van der Waals surface area contributed by atoms with E-state index in [2.05, 4.69) is 26.8 Å². The molecule has 2 saturated heterocycles. The fourth-order valence-corrected chi connectivity index (χ4v) is 7.06. The van der Waals surface area contributed by atoms with Crippen LogP contribution >= 0.6 is 11.8 Å². The smallest absolute Gasteiger partial charge is 0.313 e. The Balaban J connectivity index is 1.23. The van der Waals surface area contributed by atoms with Gasteiger partial charge < -0.3 is 18.9 Å². The number of epoxide rings is 2. The molecule has 1 saturated carbocycles. The molecule has 3 aliphatic rings. The molecule has 1 aromatic rings. The minimum absolute atomic E-state index is 0.0267. The van der Waals surface area contributed by atoms with Crippen LogP contribution in [-0.2, 0) is 44.5 Å². The monoisotopic (exact) mass is 628 g/mol. The molecule has 0 N–H and O–H groups in total. The first kappa shape index (κ1) is 34.5. The van der Waals surface area contributed by atoms with E-state index >= 15 is 0 Å². The van der Waals surface area contributed by atoms with Crippen LogP contribution < -0.4 is 0 Å². The molecule has 1 aliphatic carbocycles. The van der Waals surface area contributed by atoms with Crippen molar-refractivity contribution < 1.29 is 38.1 Å². The maximum atomic E-state index is 12.9. The minimum atomic E-state index is -0.546. The number of hydrogen-bond donors (Lipinski definition) is 0. The van der Waals surface area contributed by atoms with E-state index in [9.17, 15) is 19.2 Å². The Bertz CT molecular complexity index is 1250. The number of hydrogen-bond acceptors (Lipinski definition) is 9. The molecule has 3 fully saturated rings. The summed E-state index contributed by atoms with van der Waals surface area (Å²) in [4.78, 5) is 50.8. The first-order chi connectivity index (χ1) is 20.7. The van der Waals surface area contributed by atoms with Crippen molar-refractivity contribution in [3.05, 3.63) is 41.5 Å². The van der Waals surface area contributed by atoms with Crippen molar-refractivity contribution in [2.45, 2.75) is 121 Å². The van der Waals surface area contributed by atoms with Crippen LogP contribution in [0.4, 0.5) is 0 Å². The van der Waals surface area contributed by atoms with Crippen molar-refractivity contribution in [2.24, 2.45) is 11.3 Å². The van der Waals surface area contributed by atoms with Gasteiger partial charge in [0.1, 0.15) is 41.4 Å². The van der Waals surface area contributed by atoms with Crippen LogP contribution in [0.1, 0.15) is 85.6 Å². The molecule has 0 unspecified atom stereocenters. The van der Waals surface area contributed by atoms with E-state index in [0.29, 0.717) is 13.0 Å². The Morgan fingerprint density at radius 1 is 1.07 bits per heavy atom. The summed E-state index contributed by atoms with van der Waals surface area (Å²) in [5, 5.41) is 0. The highest BCUT2D eigenvalue weighted by Gasteiger charge is 2.72. The summed E-state index contributed by atoms with van der Waals surface area (Å²) >= 11 is 1.34. The third-order valence-electron chi connectivity index (χ3n) is 9.05. The highest BCUT2D eigenvalue weighted by atomic mass is 32.2. The van der Waals surface area contributed by atoms with Crippen molar-refractivity contribution in [2.75, 3.05) is 19.5 Å². The molecule has 4 rings (SSSR count). The number of allylic oxidation sites excluding steroid dienone is 1. The van der Waals surface area contributed by atoms with E-state index in [1.54, 1.807) is 7.11 Å². The Morgan fingerprint density at radius 2 is 1.75 bits per heavy atom. The Kier molecular flexibility index (Phi) is 11.0. The number of carbonyl (C=O) groups excluding carboxylic acids is 4. The summed E-state index contributed by atoms with van der Waals surface area (Å²) in [6.45, 7) is 12.5. The fraction of sp³-hybridized carbons (Fsp3) is 0.657. The van der Waals surface area contributed by atoms with Gasteiger partial charge in [0.15, 0.2) is 5.78 Å². The third-order valence-corrected chi connectivity index (χ3v) is 10.1. The molecule has 1 spiro atoms. The quantitative estimate of drug-likeness (QED) is 0.0775. The number of rotatable bonds is 15. The van der Waals surface area contributed by atoms with E-state index in [-0.39, 0.29) is 72.5 Å². The number of Topliss-reactive ketones (excluding diaryl/α,β-unsaturated/α-hetero) is 3. The van der Waals surface area contributed by atoms with Gasteiger partial charge in [-0.3, -0.25) is 19.2 Å². The van der Waals surface area contributed by atoms with Crippen LogP contribution in [0.3, 0.4) is 0 Å². The average molecular weight is 629 g/mol. The summed E-state index contributed by atoms with van der Waals surface area (Å²) in [7, 11) is 1.63. The lowest BCUT2D eigenvalue weighted by molar-refractivity contribution is -0.172. The highest BCUT2D eigenvalue weighted by molar-refractivity contribution is 8.00. The van der Waals surface area contributed by atoms with Gasteiger partial charge in [0, 0.05) is 36.7 Å². The van der Waals surface area contributed by atoms with Crippen LogP contribution in [0.2, 0.25) is 0 Å². The molecular formula is C35H48O8S. The topological polar surface area (TPSA) is 112 Å². The van der Waals surface area contributed by atoms with Gasteiger partial charge in [-0.2, -0.15) is 0 Å². The molecule has 0 bridgehead atoms. The molecule has 0 radical (unpaired) electrons. The number of methoxy groups -OCH3 is 1.